The summed E-state index contributed by atoms with van der Waals surface area (Å²) in [7, 11) is -3.27. The Hall–Kier alpha value is -1.54. The summed E-state index contributed by atoms with van der Waals surface area (Å²) in [4.78, 5) is 14.8. The van der Waals surface area contributed by atoms with Crippen LogP contribution in [0.1, 0.15) is 62.7 Å². The molecular weight excluding hydrogens is 366 g/mol. The van der Waals surface area contributed by atoms with Crippen LogP contribution in [0.5, 0.6) is 0 Å². The topological polar surface area (TPSA) is 91.7 Å². The van der Waals surface area contributed by atoms with Crippen LogP contribution in [0.25, 0.3) is 0 Å². The molecule has 7 nitrogen and oxygen atoms in total. The van der Waals surface area contributed by atoms with Gasteiger partial charge in [-0.25, -0.2) is 17.9 Å². The summed E-state index contributed by atoms with van der Waals surface area (Å²) < 4.78 is 31.3. The van der Waals surface area contributed by atoms with Crippen molar-refractivity contribution in [1.29, 1.82) is 0 Å². The van der Waals surface area contributed by atoms with E-state index in [1.165, 1.54) is 0 Å². The first kappa shape index (κ1) is 20.2. The quantitative estimate of drug-likeness (QED) is 0.817. The summed E-state index contributed by atoms with van der Waals surface area (Å²) >= 11 is 0. The Morgan fingerprint density at radius 3 is 2.81 bits per heavy atom. The fourth-order valence-electron chi connectivity index (χ4n) is 4.27. The number of rotatable bonds is 4. The molecule has 2 amide bonds. The van der Waals surface area contributed by atoms with Crippen LogP contribution in [-0.4, -0.2) is 44.7 Å². The van der Waals surface area contributed by atoms with E-state index in [4.69, 9.17) is 4.42 Å². The van der Waals surface area contributed by atoms with Gasteiger partial charge in [-0.05, 0) is 44.1 Å². The van der Waals surface area contributed by atoms with Crippen LogP contribution >= 0.6 is 0 Å². The van der Waals surface area contributed by atoms with Crippen molar-refractivity contribution in [1.82, 2.24) is 14.9 Å². The number of fused-ring (bicyclic) bond motifs is 1. The van der Waals surface area contributed by atoms with Crippen molar-refractivity contribution >= 4 is 16.1 Å². The average molecular weight is 398 g/mol. The maximum absolute atomic E-state index is 13.0. The summed E-state index contributed by atoms with van der Waals surface area (Å²) in [6, 6.07) is 1.70. The van der Waals surface area contributed by atoms with Crippen LogP contribution in [0.4, 0.5) is 4.79 Å². The van der Waals surface area contributed by atoms with Crippen molar-refractivity contribution in [2.45, 2.75) is 65.0 Å². The minimum Gasteiger partial charge on any atom is -0.466 e. The maximum Gasteiger partial charge on any atom is 0.318 e. The molecule has 2 aliphatic rings. The van der Waals surface area contributed by atoms with Crippen molar-refractivity contribution in [3.05, 3.63) is 23.2 Å². The van der Waals surface area contributed by atoms with Gasteiger partial charge in [-0.15, -0.1) is 0 Å². The van der Waals surface area contributed by atoms with Gasteiger partial charge in [0, 0.05) is 31.1 Å². The number of nitrogens with one attached hydrogen (secondary N) is 2. The van der Waals surface area contributed by atoms with Gasteiger partial charge >= 0.3 is 6.03 Å². The molecule has 3 rings (SSSR count). The van der Waals surface area contributed by atoms with Crippen LogP contribution in [0.15, 0.2) is 10.5 Å². The van der Waals surface area contributed by atoms with Gasteiger partial charge in [-0.1, -0.05) is 13.8 Å². The fourth-order valence-corrected chi connectivity index (χ4v) is 4.77. The van der Waals surface area contributed by atoms with Crippen molar-refractivity contribution in [3.63, 3.8) is 0 Å². The molecule has 1 aromatic rings. The van der Waals surface area contributed by atoms with E-state index < -0.39 is 10.0 Å². The van der Waals surface area contributed by atoms with Crippen LogP contribution in [0, 0.1) is 12.3 Å². The van der Waals surface area contributed by atoms with Gasteiger partial charge in [0.1, 0.15) is 11.5 Å². The maximum atomic E-state index is 13.0. The zero-order valence-corrected chi connectivity index (χ0v) is 17.5. The van der Waals surface area contributed by atoms with Crippen molar-refractivity contribution < 1.29 is 17.6 Å². The lowest BCUT2D eigenvalue weighted by molar-refractivity contribution is 0.143. The molecule has 1 aliphatic carbocycles. The molecule has 0 radical (unpaired) electrons. The largest absolute Gasteiger partial charge is 0.466 e. The second-order valence-corrected chi connectivity index (χ2v) is 10.6. The first-order valence-electron chi connectivity index (χ1n) is 9.65. The van der Waals surface area contributed by atoms with E-state index in [9.17, 15) is 13.2 Å². The molecular formula is C19H31N3O4S. The first-order valence-corrected chi connectivity index (χ1v) is 11.5. The molecule has 2 N–H and O–H groups in total. The number of carbonyl (C=O) groups excluding carboxylic acids is 1. The fraction of sp³-hybridized carbons (Fsp3) is 0.737. The molecule has 0 bridgehead atoms. The van der Waals surface area contributed by atoms with Crippen molar-refractivity contribution in [2.24, 2.45) is 5.41 Å². The summed E-state index contributed by atoms with van der Waals surface area (Å²) in [5.41, 5.74) is 1.12. The van der Waals surface area contributed by atoms with Crippen LogP contribution < -0.4 is 10.0 Å². The Bertz CT molecular complexity index is 800. The SMILES string of the molecule is Cc1cc2c(o1)CC(C)(C)C[C@@H]2NC(=O)N1CCCC[C@H]1CNS(C)(=O)=O. The predicted octanol–water partition coefficient (Wildman–Crippen LogP) is 2.71. The molecule has 8 heteroatoms. The smallest absolute Gasteiger partial charge is 0.318 e. The Morgan fingerprint density at radius 1 is 1.37 bits per heavy atom. The lowest BCUT2D eigenvalue weighted by Crippen LogP contribution is -2.53. The van der Waals surface area contributed by atoms with Gasteiger partial charge in [-0.2, -0.15) is 0 Å². The molecule has 1 aliphatic heterocycles. The summed E-state index contributed by atoms with van der Waals surface area (Å²) in [6.07, 6.45) is 5.61. The van der Waals surface area contributed by atoms with E-state index in [0.717, 1.165) is 55.4 Å². The molecule has 27 heavy (non-hydrogen) atoms. The number of hydrogen-bond acceptors (Lipinski definition) is 4. The standard InChI is InChI=1S/C19H31N3O4S/c1-13-9-15-16(10-19(2,3)11-17(15)26-13)21-18(23)22-8-6-5-7-14(22)12-20-27(4,24)25/h9,14,16,20H,5-8,10-12H2,1-4H3,(H,21,23)/t14-,16-/m0/s1. The van der Waals surface area contributed by atoms with E-state index in [1.807, 2.05) is 13.0 Å². The van der Waals surface area contributed by atoms with Gasteiger partial charge in [0.25, 0.3) is 0 Å². The molecule has 1 fully saturated rings. The Morgan fingerprint density at radius 2 is 2.11 bits per heavy atom. The number of furan rings is 1. The minimum atomic E-state index is -3.27. The number of hydrogen-bond donors (Lipinski definition) is 2. The van der Waals surface area contributed by atoms with Crippen molar-refractivity contribution in [3.8, 4) is 0 Å². The molecule has 152 valence electrons. The molecule has 1 saturated heterocycles. The summed E-state index contributed by atoms with van der Waals surface area (Å²) in [6.45, 7) is 7.22. The third-order valence-electron chi connectivity index (χ3n) is 5.50. The lowest BCUT2D eigenvalue weighted by atomic mass is 9.75. The van der Waals surface area contributed by atoms with E-state index >= 15 is 0 Å². The van der Waals surface area contributed by atoms with E-state index in [2.05, 4.69) is 23.9 Å². The third kappa shape index (κ3) is 5.04. The van der Waals surface area contributed by atoms with Crippen molar-refractivity contribution in [2.75, 3.05) is 19.3 Å². The second-order valence-electron chi connectivity index (χ2n) is 8.75. The van der Waals surface area contributed by atoms with E-state index in [0.29, 0.717) is 6.54 Å². The highest BCUT2D eigenvalue weighted by atomic mass is 32.2. The summed E-state index contributed by atoms with van der Waals surface area (Å²) in [5, 5.41) is 3.19. The minimum absolute atomic E-state index is 0.0500. The number of carbonyl (C=O) groups is 1. The van der Waals surface area contributed by atoms with Gasteiger partial charge in [0.2, 0.25) is 10.0 Å². The molecule has 0 unspecified atom stereocenters. The zero-order valence-electron chi connectivity index (χ0n) is 16.7. The monoisotopic (exact) mass is 397 g/mol. The highest BCUT2D eigenvalue weighted by Crippen LogP contribution is 2.42. The predicted molar refractivity (Wildman–Crippen MR) is 104 cm³/mol. The zero-order chi connectivity index (χ0) is 19.8. The van der Waals surface area contributed by atoms with Crippen LogP contribution in [0.3, 0.4) is 0 Å². The molecule has 0 saturated carbocycles. The van der Waals surface area contributed by atoms with Gasteiger partial charge in [-0.3, -0.25) is 0 Å². The number of amides is 2. The number of sulfonamides is 1. The van der Waals surface area contributed by atoms with Gasteiger partial charge in [0.15, 0.2) is 0 Å². The molecule has 2 atom stereocenters. The normalized spacial score (nSPS) is 25.1. The summed E-state index contributed by atoms with van der Waals surface area (Å²) in [5.74, 6) is 1.83. The molecule has 0 spiro atoms. The number of urea groups is 1. The molecule has 2 heterocycles. The van der Waals surface area contributed by atoms with E-state index in [-0.39, 0.29) is 30.1 Å². The Balaban J connectivity index is 1.73. The highest BCUT2D eigenvalue weighted by Gasteiger charge is 2.37. The number of likely N-dealkylation sites (tertiary alicyclic amines) is 1. The first-order chi connectivity index (χ1) is 12.5. The Labute approximate surface area is 161 Å². The highest BCUT2D eigenvalue weighted by molar-refractivity contribution is 7.88. The second kappa shape index (κ2) is 7.47. The lowest BCUT2D eigenvalue weighted by Gasteiger charge is -2.39. The van der Waals surface area contributed by atoms with Crippen LogP contribution in [0.2, 0.25) is 0 Å². The van der Waals surface area contributed by atoms with Crippen LogP contribution in [-0.2, 0) is 16.4 Å². The number of nitrogens with zero attached hydrogens (tertiary/aromatic N) is 1. The Kier molecular flexibility index (Phi) is 5.59. The molecule has 0 aromatic carbocycles. The molecule has 1 aromatic heterocycles. The number of aryl methyl sites for hydroxylation is 1. The number of piperidine rings is 1. The van der Waals surface area contributed by atoms with Gasteiger partial charge < -0.3 is 14.6 Å². The third-order valence-corrected chi connectivity index (χ3v) is 6.19. The van der Waals surface area contributed by atoms with Gasteiger partial charge in [0.05, 0.1) is 12.3 Å². The van der Waals surface area contributed by atoms with E-state index in [1.54, 1.807) is 4.90 Å². The average Bonchev–Trinajstić information content (AvgIpc) is 2.91.